The summed E-state index contributed by atoms with van der Waals surface area (Å²) >= 11 is 6.05. The molecular weight excluding hydrogens is 366 g/mol. The normalized spacial score (nSPS) is 11.8. The fourth-order valence-electron chi connectivity index (χ4n) is 2.84. The highest BCUT2D eigenvalue weighted by Crippen LogP contribution is 2.24. The van der Waals surface area contributed by atoms with Gasteiger partial charge >= 0.3 is 0 Å². The van der Waals surface area contributed by atoms with Gasteiger partial charge in [-0.2, -0.15) is 4.98 Å². The van der Waals surface area contributed by atoms with Gasteiger partial charge in [-0.15, -0.1) is 0 Å². The summed E-state index contributed by atoms with van der Waals surface area (Å²) in [6.45, 7) is 1.76. The highest BCUT2D eigenvalue weighted by Gasteiger charge is 2.19. The number of aryl methyl sites for hydroxylation is 1. The summed E-state index contributed by atoms with van der Waals surface area (Å²) in [5, 5.41) is 7.41. The predicted molar refractivity (Wildman–Crippen MR) is 102 cm³/mol. The second-order valence-electron chi connectivity index (χ2n) is 6.10. The molecule has 1 heterocycles. The molecule has 1 amide bonds. The zero-order chi connectivity index (χ0) is 19.2. The van der Waals surface area contributed by atoms with E-state index in [1.54, 1.807) is 32.2 Å². The van der Waals surface area contributed by atoms with E-state index in [1.165, 1.54) is 0 Å². The van der Waals surface area contributed by atoms with E-state index in [1.807, 2.05) is 30.3 Å². The smallest absolute Gasteiger partial charge is 0.229 e. The first kappa shape index (κ1) is 18.9. The van der Waals surface area contributed by atoms with Crippen LogP contribution in [-0.4, -0.2) is 23.2 Å². The van der Waals surface area contributed by atoms with E-state index in [9.17, 15) is 4.79 Å². The number of nitrogens with one attached hydrogen (secondary N) is 1. The number of nitrogens with zero attached hydrogens (tertiary/aromatic N) is 2. The molecule has 1 unspecified atom stereocenters. The van der Waals surface area contributed by atoms with Crippen molar-refractivity contribution in [3.8, 4) is 5.75 Å². The highest BCUT2D eigenvalue weighted by atomic mass is 35.5. The molecular formula is C20H20ClN3O3. The molecule has 0 aliphatic carbocycles. The summed E-state index contributed by atoms with van der Waals surface area (Å²) in [4.78, 5) is 16.9. The van der Waals surface area contributed by atoms with E-state index < -0.39 is 0 Å². The van der Waals surface area contributed by atoms with Crippen molar-refractivity contribution < 1.29 is 14.1 Å². The van der Waals surface area contributed by atoms with E-state index in [4.69, 9.17) is 20.9 Å². The topological polar surface area (TPSA) is 77.2 Å². The summed E-state index contributed by atoms with van der Waals surface area (Å²) < 4.78 is 10.5. The van der Waals surface area contributed by atoms with E-state index in [2.05, 4.69) is 15.5 Å². The first-order valence-corrected chi connectivity index (χ1v) is 8.89. The molecule has 27 heavy (non-hydrogen) atoms. The van der Waals surface area contributed by atoms with Gasteiger partial charge in [-0.3, -0.25) is 4.79 Å². The summed E-state index contributed by atoms with van der Waals surface area (Å²) in [5.41, 5.74) is 1.68. The van der Waals surface area contributed by atoms with Crippen molar-refractivity contribution in [1.29, 1.82) is 0 Å². The van der Waals surface area contributed by atoms with Crippen LogP contribution in [0.4, 0.5) is 0 Å². The Morgan fingerprint density at radius 1 is 1.26 bits per heavy atom. The van der Waals surface area contributed by atoms with Crippen LogP contribution in [0.15, 0.2) is 53.1 Å². The summed E-state index contributed by atoms with van der Waals surface area (Å²) in [5.74, 6) is 1.51. The van der Waals surface area contributed by atoms with Crippen LogP contribution < -0.4 is 10.1 Å². The number of methoxy groups -OCH3 is 1. The molecule has 0 aliphatic rings. The van der Waals surface area contributed by atoms with Crippen molar-refractivity contribution in [3.63, 3.8) is 0 Å². The van der Waals surface area contributed by atoms with Crippen LogP contribution in [0.5, 0.6) is 5.75 Å². The number of amides is 1. The lowest BCUT2D eigenvalue weighted by Crippen LogP contribution is -2.31. The van der Waals surface area contributed by atoms with Crippen molar-refractivity contribution in [3.05, 3.63) is 76.4 Å². The third-order valence-electron chi connectivity index (χ3n) is 4.08. The summed E-state index contributed by atoms with van der Waals surface area (Å²) in [6, 6.07) is 14.6. The Balaban J connectivity index is 1.77. The lowest BCUT2D eigenvalue weighted by atomic mass is 10.0. The largest absolute Gasteiger partial charge is 0.496 e. The average molecular weight is 386 g/mol. The number of benzene rings is 2. The fourth-order valence-corrected chi connectivity index (χ4v) is 3.03. The van der Waals surface area contributed by atoms with Gasteiger partial charge in [0, 0.05) is 10.6 Å². The van der Waals surface area contributed by atoms with Gasteiger partial charge in [0.15, 0.2) is 5.82 Å². The van der Waals surface area contributed by atoms with Crippen molar-refractivity contribution >= 4 is 17.5 Å². The van der Waals surface area contributed by atoms with Crippen LogP contribution in [0, 0.1) is 6.92 Å². The predicted octanol–water partition coefficient (Wildman–Crippen LogP) is 3.68. The molecule has 0 fully saturated rings. The van der Waals surface area contributed by atoms with Crippen LogP contribution in [0.3, 0.4) is 0 Å². The minimum Gasteiger partial charge on any atom is -0.496 e. The Labute approximate surface area is 162 Å². The molecule has 0 saturated heterocycles. The minimum atomic E-state index is -0.288. The molecule has 0 bridgehead atoms. The number of halogens is 1. The second-order valence-corrected chi connectivity index (χ2v) is 6.54. The van der Waals surface area contributed by atoms with Crippen LogP contribution in [0.25, 0.3) is 0 Å². The van der Waals surface area contributed by atoms with E-state index in [0.29, 0.717) is 28.9 Å². The number of aromatic nitrogens is 2. The number of rotatable bonds is 7. The SMILES string of the molecule is COc1ccc(Cl)cc1CC(=O)NC(Cc1nc(C)no1)c1ccccc1. The van der Waals surface area contributed by atoms with Gasteiger partial charge in [-0.1, -0.05) is 47.1 Å². The number of hydrogen-bond acceptors (Lipinski definition) is 5. The van der Waals surface area contributed by atoms with Crippen molar-refractivity contribution in [2.75, 3.05) is 7.11 Å². The van der Waals surface area contributed by atoms with E-state index in [0.717, 1.165) is 11.1 Å². The number of hydrogen-bond donors (Lipinski definition) is 1. The fraction of sp³-hybridized carbons (Fsp3) is 0.250. The van der Waals surface area contributed by atoms with Crippen LogP contribution in [0.1, 0.15) is 28.9 Å². The second kappa shape index (κ2) is 8.68. The molecule has 140 valence electrons. The Hall–Kier alpha value is -2.86. The quantitative estimate of drug-likeness (QED) is 0.671. The van der Waals surface area contributed by atoms with Crippen molar-refractivity contribution in [1.82, 2.24) is 15.5 Å². The summed E-state index contributed by atoms with van der Waals surface area (Å²) in [7, 11) is 1.56. The van der Waals surface area contributed by atoms with Gasteiger partial charge in [0.1, 0.15) is 5.75 Å². The molecule has 1 aromatic heterocycles. The lowest BCUT2D eigenvalue weighted by molar-refractivity contribution is -0.121. The maximum absolute atomic E-state index is 12.7. The zero-order valence-corrected chi connectivity index (χ0v) is 15.9. The molecule has 7 heteroatoms. The zero-order valence-electron chi connectivity index (χ0n) is 15.1. The highest BCUT2D eigenvalue weighted by molar-refractivity contribution is 6.30. The Morgan fingerprint density at radius 3 is 2.70 bits per heavy atom. The van der Waals surface area contributed by atoms with E-state index >= 15 is 0 Å². The molecule has 0 spiro atoms. The van der Waals surface area contributed by atoms with Crippen molar-refractivity contribution in [2.45, 2.75) is 25.8 Å². The monoisotopic (exact) mass is 385 g/mol. The Morgan fingerprint density at radius 2 is 2.04 bits per heavy atom. The molecule has 2 aromatic carbocycles. The summed E-state index contributed by atoms with van der Waals surface area (Å²) in [6.07, 6.45) is 0.555. The number of ether oxygens (including phenoxy) is 1. The molecule has 0 radical (unpaired) electrons. The van der Waals surface area contributed by atoms with Gasteiger partial charge < -0.3 is 14.6 Å². The first-order valence-electron chi connectivity index (χ1n) is 8.51. The molecule has 3 aromatic rings. The van der Waals surface area contributed by atoms with Gasteiger partial charge in [0.05, 0.1) is 26.0 Å². The van der Waals surface area contributed by atoms with Crippen LogP contribution in [-0.2, 0) is 17.6 Å². The maximum atomic E-state index is 12.7. The van der Waals surface area contributed by atoms with Gasteiger partial charge in [0.25, 0.3) is 0 Å². The molecule has 1 N–H and O–H groups in total. The van der Waals surface area contributed by atoms with Crippen molar-refractivity contribution in [2.24, 2.45) is 0 Å². The lowest BCUT2D eigenvalue weighted by Gasteiger charge is -2.18. The maximum Gasteiger partial charge on any atom is 0.229 e. The number of carbonyl (C=O) groups excluding carboxylic acids is 1. The number of carbonyl (C=O) groups is 1. The molecule has 3 rings (SSSR count). The van der Waals surface area contributed by atoms with Crippen LogP contribution in [0.2, 0.25) is 5.02 Å². The third-order valence-corrected chi connectivity index (χ3v) is 4.31. The third kappa shape index (κ3) is 5.08. The van der Waals surface area contributed by atoms with Gasteiger partial charge in [0.2, 0.25) is 11.8 Å². The first-order chi connectivity index (χ1) is 13.0. The van der Waals surface area contributed by atoms with Crippen LogP contribution >= 0.6 is 11.6 Å². The van der Waals surface area contributed by atoms with Gasteiger partial charge in [-0.25, -0.2) is 0 Å². The Kier molecular flexibility index (Phi) is 6.08. The Bertz CT molecular complexity index is 912. The van der Waals surface area contributed by atoms with E-state index in [-0.39, 0.29) is 18.4 Å². The standard InChI is InChI=1S/C20H20ClN3O3/c1-13-22-20(27-24-13)12-17(14-6-4-3-5-7-14)23-19(25)11-15-10-16(21)8-9-18(15)26-2/h3-10,17H,11-12H2,1-2H3,(H,23,25). The average Bonchev–Trinajstić information content (AvgIpc) is 3.07. The molecule has 0 saturated carbocycles. The minimum absolute atomic E-state index is 0.149. The molecule has 6 nitrogen and oxygen atoms in total. The molecule has 0 aliphatic heterocycles. The molecule has 1 atom stereocenters. The van der Waals surface area contributed by atoms with Gasteiger partial charge in [-0.05, 0) is 30.7 Å².